The Hall–Kier alpha value is -4.20. The molecule has 0 fully saturated rings. The number of carbonyl (C=O) groups excluding carboxylic acids is 2. The van der Waals surface area contributed by atoms with Gasteiger partial charge in [-0.15, -0.1) is 0 Å². The van der Waals surface area contributed by atoms with Crippen molar-refractivity contribution in [3.8, 4) is 11.5 Å². The van der Waals surface area contributed by atoms with Gasteiger partial charge in [0.2, 0.25) is 18.6 Å². The average molecular weight is 414 g/mol. The minimum atomic E-state index is -0.355. The SMILES string of the molecule is O=C(CN1C(=O)CC(c2ccccc2)=Nc2cccnc21)Nc1ccc2c(c1)OCO2. The number of rotatable bonds is 4. The molecule has 0 saturated heterocycles. The third-order valence-corrected chi connectivity index (χ3v) is 4.96. The monoisotopic (exact) mass is 414 g/mol. The first-order valence-corrected chi connectivity index (χ1v) is 9.75. The number of aromatic nitrogens is 1. The minimum Gasteiger partial charge on any atom is -0.454 e. The van der Waals surface area contributed by atoms with E-state index in [9.17, 15) is 9.59 Å². The van der Waals surface area contributed by atoms with Crippen LogP contribution in [0.15, 0.2) is 71.9 Å². The van der Waals surface area contributed by atoms with E-state index < -0.39 is 0 Å². The number of nitrogens with one attached hydrogen (secondary N) is 1. The third kappa shape index (κ3) is 3.83. The van der Waals surface area contributed by atoms with Crippen molar-refractivity contribution < 1.29 is 19.1 Å². The maximum absolute atomic E-state index is 13.1. The van der Waals surface area contributed by atoms with Gasteiger partial charge in [-0.1, -0.05) is 30.3 Å². The number of anilines is 2. The normalized spacial score (nSPS) is 14.5. The molecule has 0 unspecified atom stereocenters. The van der Waals surface area contributed by atoms with Crippen LogP contribution in [0, 0.1) is 0 Å². The van der Waals surface area contributed by atoms with E-state index in [0.717, 1.165) is 5.56 Å². The molecule has 154 valence electrons. The molecule has 2 aromatic carbocycles. The lowest BCUT2D eigenvalue weighted by atomic mass is 10.1. The molecule has 0 aliphatic carbocycles. The van der Waals surface area contributed by atoms with Gasteiger partial charge >= 0.3 is 0 Å². The summed E-state index contributed by atoms with van der Waals surface area (Å²) < 4.78 is 10.6. The van der Waals surface area contributed by atoms with Crippen LogP contribution in [0.5, 0.6) is 11.5 Å². The van der Waals surface area contributed by atoms with Crippen LogP contribution in [0.4, 0.5) is 17.2 Å². The Labute approximate surface area is 178 Å². The Morgan fingerprint density at radius 1 is 1.03 bits per heavy atom. The third-order valence-electron chi connectivity index (χ3n) is 4.96. The first-order valence-electron chi connectivity index (χ1n) is 9.75. The van der Waals surface area contributed by atoms with Crippen molar-refractivity contribution in [3.05, 3.63) is 72.4 Å². The van der Waals surface area contributed by atoms with E-state index in [-0.39, 0.29) is 31.6 Å². The molecule has 0 saturated carbocycles. The van der Waals surface area contributed by atoms with Crippen molar-refractivity contribution in [1.29, 1.82) is 0 Å². The zero-order valence-corrected chi connectivity index (χ0v) is 16.4. The van der Waals surface area contributed by atoms with Crippen molar-refractivity contribution in [3.63, 3.8) is 0 Å². The molecule has 0 atom stereocenters. The van der Waals surface area contributed by atoms with Crippen LogP contribution >= 0.6 is 0 Å². The van der Waals surface area contributed by atoms with E-state index in [2.05, 4.69) is 15.3 Å². The van der Waals surface area contributed by atoms with Gasteiger partial charge in [0.25, 0.3) is 0 Å². The molecule has 3 aromatic rings. The standard InChI is InChI=1S/C23H18N4O4/c28-21(25-16-8-9-19-20(11-16)31-14-30-19)13-27-22(29)12-18(15-5-2-1-3-6-15)26-17-7-4-10-24-23(17)27/h1-11H,12-14H2,(H,25,28). The lowest BCUT2D eigenvalue weighted by Crippen LogP contribution is -2.38. The number of hydrogen-bond donors (Lipinski definition) is 1. The highest BCUT2D eigenvalue weighted by atomic mass is 16.7. The molecule has 1 aromatic heterocycles. The number of hydrogen-bond acceptors (Lipinski definition) is 6. The number of benzene rings is 2. The fraction of sp³-hybridized carbons (Fsp3) is 0.130. The maximum Gasteiger partial charge on any atom is 0.244 e. The fourth-order valence-corrected chi connectivity index (χ4v) is 3.50. The van der Waals surface area contributed by atoms with Crippen LogP contribution in [0.2, 0.25) is 0 Å². The van der Waals surface area contributed by atoms with Crippen LogP contribution in [-0.2, 0) is 9.59 Å². The van der Waals surface area contributed by atoms with Crippen molar-refractivity contribution in [2.24, 2.45) is 4.99 Å². The fourth-order valence-electron chi connectivity index (χ4n) is 3.50. The highest BCUT2D eigenvalue weighted by Gasteiger charge is 2.28. The summed E-state index contributed by atoms with van der Waals surface area (Å²) in [5.41, 5.74) is 2.60. The van der Waals surface area contributed by atoms with Crippen molar-refractivity contribution in [1.82, 2.24) is 4.98 Å². The number of fused-ring (bicyclic) bond motifs is 2. The topological polar surface area (TPSA) is 93.1 Å². The van der Waals surface area contributed by atoms with Crippen LogP contribution in [0.3, 0.4) is 0 Å². The molecular weight excluding hydrogens is 396 g/mol. The Morgan fingerprint density at radius 3 is 2.74 bits per heavy atom. The van der Waals surface area contributed by atoms with Gasteiger partial charge in [-0.2, -0.15) is 0 Å². The second-order valence-electron chi connectivity index (χ2n) is 7.04. The predicted octanol–water partition coefficient (Wildman–Crippen LogP) is 3.31. The van der Waals surface area contributed by atoms with Gasteiger partial charge in [0.05, 0.1) is 12.1 Å². The Morgan fingerprint density at radius 2 is 1.87 bits per heavy atom. The molecule has 8 nitrogen and oxygen atoms in total. The molecule has 0 radical (unpaired) electrons. The van der Waals surface area contributed by atoms with Gasteiger partial charge in [-0.05, 0) is 29.8 Å². The van der Waals surface area contributed by atoms with Crippen LogP contribution in [-0.4, -0.2) is 35.8 Å². The Balaban J connectivity index is 1.39. The van der Waals surface area contributed by atoms with Crippen LogP contribution in [0.1, 0.15) is 12.0 Å². The molecule has 0 bridgehead atoms. The molecule has 31 heavy (non-hydrogen) atoms. The summed E-state index contributed by atoms with van der Waals surface area (Å²) >= 11 is 0. The molecule has 2 aliphatic heterocycles. The molecular formula is C23H18N4O4. The number of ether oxygens (including phenoxy) is 2. The zero-order chi connectivity index (χ0) is 21.2. The quantitative estimate of drug-likeness (QED) is 0.707. The zero-order valence-electron chi connectivity index (χ0n) is 16.4. The number of aliphatic imine (C=N–C) groups is 1. The molecule has 1 N–H and O–H groups in total. The van der Waals surface area contributed by atoms with Gasteiger partial charge in [0, 0.05) is 18.0 Å². The lowest BCUT2D eigenvalue weighted by Gasteiger charge is -2.20. The van der Waals surface area contributed by atoms with E-state index in [4.69, 9.17) is 9.47 Å². The van der Waals surface area contributed by atoms with Gasteiger partial charge in [-0.25, -0.2) is 9.98 Å². The molecule has 5 rings (SSSR count). The average Bonchev–Trinajstić information content (AvgIpc) is 3.20. The lowest BCUT2D eigenvalue weighted by molar-refractivity contribution is -0.120. The summed E-state index contributed by atoms with van der Waals surface area (Å²) in [5.74, 6) is 0.952. The number of carbonyl (C=O) groups is 2. The largest absolute Gasteiger partial charge is 0.454 e. The Kier molecular flexibility index (Phi) is 4.80. The number of nitrogens with zero attached hydrogens (tertiary/aromatic N) is 3. The summed E-state index contributed by atoms with van der Waals surface area (Å²) in [4.78, 5) is 36.2. The first-order chi connectivity index (χ1) is 15.2. The van der Waals surface area contributed by atoms with Crippen molar-refractivity contribution >= 4 is 34.7 Å². The van der Waals surface area contributed by atoms with Gasteiger partial charge in [-0.3, -0.25) is 14.5 Å². The summed E-state index contributed by atoms with van der Waals surface area (Å²) in [6.07, 6.45) is 1.65. The van der Waals surface area contributed by atoms with Crippen molar-refractivity contribution in [2.45, 2.75) is 6.42 Å². The van der Waals surface area contributed by atoms with Gasteiger partial charge < -0.3 is 14.8 Å². The maximum atomic E-state index is 13.1. The summed E-state index contributed by atoms with van der Waals surface area (Å²) in [6.45, 7) is -0.0317. The second kappa shape index (κ2) is 7.91. The summed E-state index contributed by atoms with van der Waals surface area (Å²) in [6, 6.07) is 18.2. The van der Waals surface area contributed by atoms with E-state index in [0.29, 0.717) is 34.4 Å². The van der Waals surface area contributed by atoms with Crippen LogP contribution < -0.4 is 19.7 Å². The molecule has 2 aliphatic rings. The smallest absolute Gasteiger partial charge is 0.244 e. The molecule has 3 heterocycles. The highest BCUT2D eigenvalue weighted by Crippen LogP contribution is 2.34. The van der Waals surface area contributed by atoms with E-state index in [1.807, 2.05) is 30.3 Å². The predicted molar refractivity (Wildman–Crippen MR) is 115 cm³/mol. The summed E-state index contributed by atoms with van der Waals surface area (Å²) in [7, 11) is 0. The van der Waals surface area contributed by atoms with Crippen molar-refractivity contribution in [2.75, 3.05) is 23.6 Å². The van der Waals surface area contributed by atoms with Gasteiger partial charge in [0.15, 0.2) is 17.3 Å². The highest BCUT2D eigenvalue weighted by molar-refractivity contribution is 6.18. The minimum absolute atomic E-state index is 0.0671. The summed E-state index contributed by atoms with van der Waals surface area (Å²) in [5, 5.41) is 2.80. The molecule has 8 heteroatoms. The molecule has 0 spiro atoms. The van der Waals surface area contributed by atoms with Crippen LogP contribution in [0.25, 0.3) is 0 Å². The van der Waals surface area contributed by atoms with E-state index >= 15 is 0 Å². The molecule has 2 amide bonds. The number of pyridine rings is 1. The van der Waals surface area contributed by atoms with Gasteiger partial charge in [0.1, 0.15) is 12.2 Å². The van der Waals surface area contributed by atoms with E-state index in [1.165, 1.54) is 4.90 Å². The van der Waals surface area contributed by atoms with E-state index in [1.54, 1.807) is 36.5 Å². The Bertz CT molecular complexity index is 1190. The number of amides is 2. The second-order valence-corrected chi connectivity index (χ2v) is 7.04. The first kappa shape index (κ1) is 18.8.